The molecule has 2 aromatic rings. The van der Waals surface area contributed by atoms with E-state index in [-0.39, 0.29) is 0 Å². The zero-order valence-electron chi connectivity index (χ0n) is 12.4. The van der Waals surface area contributed by atoms with Crippen LogP contribution in [0.3, 0.4) is 0 Å². The summed E-state index contributed by atoms with van der Waals surface area (Å²) in [6, 6.07) is 15.3. The summed E-state index contributed by atoms with van der Waals surface area (Å²) in [5, 5.41) is 15.2. The number of hydrogen-bond acceptors (Lipinski definition) is 3. The minimum Gasteiger partial charge on any atom is -0.388 e. The van der Waals surface area contributed by atoms with Crippen LogP contribution in [-0.4, -0.2) is 23.0 Å². The molecule has 0 aromatic heterocycles. The van der Waals surface area contributed by atoms with E-state index in [1.54, 1.807) is 11.8 Å². The van der Waals surface area contributed by atoms with Gasteiger partial charge in [-0.2, -0.15) is 0 Å². The number of hydrogen-bond donors (Lipinski definition) is 2. The third kappa shape index (κ3) is 6.19. The van der Waals surface area contributed by atoms with Crippen LogP contribution >= 0.6 is 35.0 Å². The predicted molar refractivity (Wildman–Crippen MR) is 96.0 cm³/mol. The van der Waals surface area contributed by atoms with Crippen molar-refractivity contribution in [3.8, 4) is 0 Å². The molecule has 2 nitrogen and oxygen atoms in total. The van der Waals surface area contributed by atoms with E-state index in [2.05, 4.69) is 5.32 Å². The smallest absolute Gasteiger partial charge is 0.0837 e. The first-order valence-electron chi connectivity index (χ1n) is 7.00. The van der Waals surface area contributed by atoms with Crippen LogP contribution in [0.1, 0.15) is 12.5 Å². The van der Waals surface area contributed by atoms with Gasteiger partial charge in [-0.1, -0.05) is 41.4 Å². The molecule has 2 rings (SSSR count). The first kappa shape index (κ1) is 17.6. The highest BCUT2D eigenvalue weighted by Crippen LogP contribution is 2.25. The van der Waals surface area contributed by atoms with Crippen LogP contribution in [0.15, 0.2) is 53.4 Å². The quantitative estimate of drug-likeness (QED) is 0.710. The largest absolute Gasteiger partial charge is 0.388 e. The SMILES string of the molecule is C[C@@](O)(CNCc1ccc(Cl)cc1)CSc1cccc(Cl)c1. The molecule has 1 atom stereocenters. The molecule has 0 bridgehead atoms. The van der Waals surface area contributed by atoms with E-state index >= 15 is 0 Å². The zero-order valence-corrected chi connectivity index (χ0v) is 14.7. The van der Waals surface area contributed by atoms with E-state index in [4.69, 9.17) is 23.2 Å². The fourth-order valence-electron chi connectivity index (χ4n) is 1.93. The van der Waals surface area contributed by atoms with Gasteiger partial charge in [-0.15, -0.1) is 11.8 Å². The Hall–Kier alpha value is -0.710. The van der Waals surface area contributed by atoms with Crippen LogP contribution in [-0.2, 0) is 6.54 Å². The van der Waals surface area contributed by atoms with Gasteiger partial charge in [-0.25, -0.2) is 0 Å². The summed E-state index contributed by atoms with van der Waals surface area (Å²) in [6.45, 7) is 3.05. The van der Waals surface area contributed by atoms with Gasteiger partial charge in [-0.05, 0) is 42.8 Å². The molecule has 0 aliphatic carbocycles. The van der Waals surface area contributed by atoms with Crippen molar-refractivity contribution in [2.75, 3.05) is 12.3 Å². The summed E-state index contributed by atoms with van der Waals surface area (Å²) in [6.07, 6.45) is 0. The summed E-state index contributed by atoms with van der Waals surface area (Å²) >= 11 is 13.4. The lowest BCUT2D eigenvalue weighted by atomic mass is 10.1. The summed E-state index contributed by atoms with van der Waals surface area (Å²) in [4.78, 5) is 1.06. The molecule has 0 spiro atoms. The van der Waals surface area contributed by atoms with Crippen molar-refractivity contribution >= 4 is 35.0 Å². The van der Waals surface area contributed by atoms with Gasteiger partial charge in [0.25, 0.3) is 0 Å². The van der Waals surface area contributed by atoms with Gasteiger partial charge in [-0.3, -0.25) is 0 Å². The molecule has 2 aromatic carbocycles. The molecule has 0 unspecified atom stereocenters. The number of rotatable bonds is 7. The lowest BCUT2D eigenvalue weighted by molar-refractivity contribution is 0.0845. The molecule has 0 heterocycles. The molecule has 0 aliphatic rings. The summed E-state index contributed by atoms with van der Waals surface area (Å²) in [5.74, 6) is 0.598. The highest BCUT2D eigenvalue weighted by atomic mass is 35.5. The van der Waals surface area contributed by atoms with Gasteiger partial charge in [0.1, 0.15) is 0 Å². The zero-order chi connectivity index (χ0) is 16.0. The Morgan fingerprint density at radius 3 is 2.50 bits per heavy atom. The number of halogens is 2. The molecule has 0 saturated heterocycles. The summed E-state index contributed by atoms with van der Waals surface area (Å²) < 4.78 is 0. The predicted octanol–water partition coefficient (Wildman–Crippen LogP) is 4.63. The Kier molecular flexibility index (Phi) is 6.60. The highest BCUT2D eigenvalue weighted by molar-refractivity contribution is 7.99. The van der Waals surface area contributed by atoms with Crippen LogP contribution in [0.2, 0.25) is 10.0 Å². The molecule has 0 aliphatic heterocycles. The van der Waals surface area contributed by atoms with E-state index < -0.39 is 5.60 Å². The van der Waals surface area contributed by atoms with Crippen molar-refractivity contribution < 1.29 is 5.11 Å². The lowest BCUT2D eigenvalue weighted by Crippen LogP contribution is -2.39. The fraction of sp³-hybridized carbons (Fsp3) is 0.294. The van der Waals surface area contributed by atoms with E-state index in [1.165, 1.54) is 0 Å². The first-order valence-corrected chi connectivity index (χ1v) is 8.75. The van der Waals surface area contributed by atoms with E-state index in [0.717, 1.165) is 15.5 Å². The van der Waals surface area contributed by atoms with Crippen LogP contribution in [0.25, 0.3) is 0 Å². The van der Waals surface area contributed by atoms with Crippen molar-refractivity contribution in [1.82, 2.24) is 5.32 Å². The fourth-order valence-corrected chi connectivity index (χ4v) is 3.27. The van der Waals surface area contributed by atoms with Gasteiger partial charge in [0.2, 0.25) is 0 Å². The normalized spacial score (nSPS) is 13.8. The maximum Gasteiger partial charge on any atom is 0.0837 e. The second kappa shape index (κ2) is 8.23. The monoisotopic (exact) mass is 355 g/mol. The van der Waals surface area contributed by atoms with Crippen molar-refractivity contribution in [1.29, 1.82) is 0 Å². The topological polar surface area (TPSA) is 32.3 Å². The molecule has 0 amide bonds. The summed E-state index contributed by atoms with van der Waals surface area (Å²) in [7, 11) is 0. The third-order valence-corrected chi connectivity index (χ3v) is 4.93. The maximum absolute atomic E-state index is 10.4. The average Bonchev–Trinajstić information content (AvgIpc) is 2.47. The Morgan fingerprint density at radius 1 is 1.09 bits per heavy atom. The lowest BCUT2D eigenvalue weighted by Gasteiger charge is -2.23. The molecular weight excluding hydrogens is 337 g/mol. The maximum atomic E-state index is 10.4. The molecule has 2 N–H and O–H groups in total. The molecule has 0 fully saturated rings. The molecular formula is C17H19Cl2NOS. The van der Waals surface area contributed by atoms with Gasteiger partial charge in [0, 0.05) is 33.8 Å². The Bertz CT molecular complexity index is 602. The Morgan fingerprint density at radius 2 is 1.82 bits per heavy atom. The van der Waals surface area contributed by atoms with Gasteiger partial charge in [0.15, 0.2) is 0 Å². The van der Waals surface area contributed by atoms with Crippen LogP contribution in [0, 0.1) is 0 Å². The van der Waals surface area contributed by atoms with E-state index in [9.17, 15) is 5.11 Å². The van der Waals surface area contributed by atoms with Gasteiger partial charge >= 0.3 is 0 Å². The van der Waals surface area contributed by atoms with Crippen molar-refractivity contribution in [3.63, 3.8) is 0 Å². The van der Waals surface area contributed by atoms with E-state index in [1.807, 2.05) is 55.5 Å². The van der Waals surface area contributed by atoms with Crippen LogP contribution in [0.5, 0.6) is 0 Å². The molecule has 118 valence electrons. The second-order valence-electron chi connectivity index (χ2n) is 5.47. The number of aliphatic hydroxyl groups is 1. The van der Waals surface area contributed by atoms with E-state index in [0.29, 0.717) is 23.9 Å². The Balaban J connectivity index is 1.77. The highest BCUT2D eigenvalue weighted by Gasteiger charge is 2.20. The van der Waals surface area contributed by atoms with Crippen molar-refractivity contribution in [2.24, 2.45) is 0 Å². The molecule has 22 heavy (non-hydrogen) atoms. The second-order valence-corrected chi connectivity index (χ2v) is 7.39. The molecule has 0 saturated carbocycles. The number of nitrogens with one attached hydrogen (secondary N) is 1. The standard InChI is InChI=1S/C17H19Cl2NOS/c1-17(21,12-22-16-4-2-3-15(19)9-16)11-20-10-13-5-7-14(18)8-6-13/h2-9,20-21H,10-12H2,1H3/t17-/m1/s1. The van der Waals surface area contributed by atoms with Gasteiger partial charge < -0.3 is 10.4 Å². The minimum absolute atomic E-state index is 0.517. The third-order valence-electron chi connectivity index (χ3n) is 3.09. The van der Waals surface area contributed by atoms with Crippen LogP contribution < -0.4 is 5.32 Å². The molecule has 0 radical (unpaired) electrons. The van der Waals surface area contributed by atoms with Crippen molar-refractivity contribution in [3.05, 3.63) is 64.1 Å². The number of benzene rings is 2. The van der Waals surface area contributed by atoms with Crippen molar-refractivity contribution in [2.45, 2.75) is 24.0 Å². The number of thioether (sulfide) groups is 1. The van der Waals surface area contributed by atoms with Gasteiger partial charge in [0.05, 0.1) is 5.60 Å². The first-order chi connectivity index (χ1) is 10.4. The molecule has 5 heteroatoms. The Labute approximate surface area is 145 Å². The average molecular weight is 356 g/mol. The van der Waals surface area contributed by atoms with Crippen LogP contribution in [0.4, 0.5) is 0 Å². The minimum atomic E-state index is -0.792. The summed E-state index contributed by atoms with van der Waals surface area (Å²) in [5.41, 5.74) is 0.349.